The Morgan fingerprint density at radius 3 is 1.80 bits per heavy atom. The summed E-state index contributed by atoms with van der Waals surface area (Å²) in [5, 5.41) is 135. The molecule has 0 aliphatic rings. The summed E-state index contributed by atoms with van der Waals surface area (Å²) in [6.07, 6.45) is 0. The third kappa shape index (κ3) is 14.5. The summed E-state index contributed by atoms with van der Waals surface area (Å²) in [7, 11) is -14.6. The van der Waals surface area contributed by atoms with Gasteiger partial charge in [0.1, 0.15) is 33.4 Å². The van der Waals surface area contributed by atoms with Gasteiger partial charge in [-0.15, -0.1) is 53.9 Å². The molecule has 0 aliphatic carbocycles. The molecular formula is C40H28N10O26S6. The monoisotopic (exact) mass is 1260 g/mol. The lowest BCUT2D eigenvalue weighted by Crippen LogP contribution is -2.12. The van der Waals surface area contributed by atoms with Crippen LogP contribution in [0.4, 0.5) is 56.9 Å². The second-order valence-corrected chi connectivity index (χ2v) is 22.2. The zero-order valence-electron chi connectivity index (χ0n) is 39.5. The summed E-state index contributed by atoms with van der Waals surface area (Å²) in [6.45, 7) is -0.535. The molecule has 7 aromatic rings. The fourth-order valence-corrected chi connectivity index (χ4v) is 10.4. The fourth-order valence-electron chi connectivity index (χ4n) is 6.83. The summed E-state index contributed by atoms with van der Waals surface area (Å²) in [5.74, 6) is -4.71. The standard InChI is InChI=1S/C40H28N10O26S6/c51-32-8-7-28(44-46-30-13-19(49(55)56)14-31(38(30)52)50(57)58)39(53)36(32)47-45-29-16-22(81(64,65)66)11-18-12-33(78-75-72-60)37(40(54)35(18)29)48-42-26-6-5-25(23-3-1-20(15-24(23)26)77-74-71-59)41-43-27-4-2-21(17-34(27)82(67,68)69)80(62,63)10-9-70-79-76-73-61/h1-8,11-17,51-54,59-61H,9-10H2,(H,64,65,66)(H,67,68,69)/b43-41+,46-44+,47-45-,48-42+. The van der Waals surface area contributed by atoms with Gasteiger partial charge in [-0.25, -0.2) is 24.2 Å². The lowest BCUT2D eigenvalue weighted by molar-refractivity contribution is -0.434. The molecule has 0 amide bonds. The van der Waals surface area contributed by atoms with Gasteiger partial charge in [0.05, 0.1) is 89.5 Å². The first-order valence-electron chi connectivity index (χ1n) is 21.0. The molecule has 0 aliphatic heterocycles. The van der Waals surface area contributed by atoms with Gasteiger partial charge in [0.15, 0.2) is 39.3 Å². The average Bonchev–Trinajstić information content (AvgIpc) is 3.60. The van der Waals surface area contributed by atoms with Crippen molar-refractivity contribution in [1.29, 1.82) is 0 Å². The van der Waals surface area contributed by atoms with Crippen LogP contribution in [0.25, 0.3) is 21.5 Å². The Labute approximate surface area is 467 Å². The van der Waals surface area contributed by atoms with Crippen LogP contribution in [-0.2, 0) is 62.4 Å². The lowest BCUT2D eigenvalue weighted by Gasteiger charge is -2.12. The van der Waals surface area contributed by atoms with Gasteiger partial charge in [0.2, 0.25) is 5.75 Å². The van der Waals surface area contributed by atoms with E-state index in [1.165, 1.54) is 30.3 Å². The number of nitro groups is 2. The molecule has 0 fully saturated rings. The molecule has 0 saturated heterocycles. The van der Waals surface area contributed by atoms with Crippen molar-refractivity contribution in [2.45, 2.75) is 24.5 Å². The number of azo groups is 4. The molecule has 0 bridgehead atoms. The van der Waals surface area contributed by atoms with Crippen LogP contribution in [0.1, 0.15) is 0 Å². The van der Waals surface area contributed by atoms with Gasteiger partial charge in [-0.05, 0) is 78.2 Å². The second-order valence-electron chi connectivity index (χ2n) is 15.3. The van der Waals surface area contributed by atoms with Crippen LogP contribution in [0.15, 0.2) is 156 Å². The van der Waals surface area contributed by atoms with Crippen molar-refractivity contribution in [3.05, 3.63) is 111 Å². The Morgan fingerprint density at radius 2 is 1.13 bits per heavy atom. The van der Waals surface area contributed by atoms with Crippen LogP contribution in [0.2, 0.25) is 0 Å². The van der Waals surface area contributed by atoms with Crippen molar-refractivity contribution in [2.75, 3.05) is 12.4 Å². The SMILES string of the molecule is O=[N+]([O-])c1cc(/N=N/c2ccc(O)c(/N=N\c3cc(S(=O)(=O)O)cc4cc(SOOO)c(/N=N/c5ccc(/N=N/c6ccc(S(=O)(=O)CCOSOOO)cc6S(=O)(=O)O)c6ccc(SOOO)cc56)c(O)c34)c2O)c(O)c([N+](=O)[O-])c1. The molecule has 0 aromatic heterocycles. The maximum absolute atomic E-state index is 12.9. The highest BCUT2D eigenvalue weighted by Gasteiger charge is 2.27. The molecule has 0 heterocycles. The highest BCUT2D eigenvalue weighted by atomic mass is 32.2. The van der Waals surface area contributed by atoms with Gasteiger partial charge in [0, 0.05) is 21.7 Å². The second kappa shape index (κ2) is 26.2. The summed E-state index contributed by atoms with van der Waals surface area (Å²) < 4.78 is 114. The van der Waals surface area contributed by atoms with Gasteiger partial charge in [-0.1, -0.05) is 21.2 Å². The maximum Gasteiger partial charge on any atom is 0.319 e. The Kier molecular flexibility index (Phi) is 19.7. The van der Waals surface area contributed by atoms with Gasteiger partial charge in [-0.2, -0.15) is 16.8 Å². The smallest absolute Gasteiger partial charge is 0.319 e. The van der Waals surface area contributed by atoms with E-state index < -0.39 is 141 Å². The quantitative estimate of drug-likeness (QED) is 0.00488. The van der Waals surface area contributed by atoms with Crippen LogP contribution in [0, 0.1) is 20.2 Å². The summed E-state index contributed by atoms with van der Waals surface area (Å²) in [5.41, 5.74) is -6.15. The molecule has 0 atom stereocenters. The largest absolute Gasteiger partial charge is 0.505 e. The van der Waals surface area contributed by atoms with Gasteiger partial charge in [-0.3, -0.25) is 33.5 Å². The zero-order chi connectivity index (χ0) is 59.7. The van der Waals surface area contributed by atoms with Crippen LogP contribution >= 0.6 is 36.4 Å². The summed E-state index contributed by atoms with van der Waals surface area (Å²) >= 11 is 0.735. The minimum absolute atomic E-state index is 0.0480. The number of phenolic OH excluding ortho intramolecular Hbond substituents is 4. The molecule has 9 N–H and O–H groups in total. The van der Waals surface area contributed by atoms with E-state index >= 15 is 0 Å². The van der Waals surface area contributed by atoms with Crippen molar-refractivity contribution in [2.24, 2.45) is 40.9 Å². The van der Waals surface area contributed by atoms with Crippen molar-refractivity contribution >= 4 is 145 Å². The maximum atomic E-state index is 12.9. The summed E-state index contributed by atoms with van der Waals surface area (Å²) in [4.78, 5) is 18.1. The summed E-state index contributed by atoms with van der Waals surface area (Å²) in [6, 6.07) is 14.7. The highest BCUT2D eigenvalue weighted by Crippen LogP contribution is 2.51. The molecule has 82 heavy (non-hydrogen) atoms. The number of hydrogen-bond donors (Lipinski definition) is 9. The first-order chi connectivity index (χ1) is 38.9. The number of phenols is 4. The van der Waals surface area contributed by atoms with Crippen molar-refractivity contribution in [3.8, 4) is 23.0 Å². The average molecular weight is 1260 g/mol. The van der Waals surface area contributed by atoms with Crippen LogP contribution in [-0.4, -0.2) is 92.8 Å². The minimum Gasteiger partial charge on any atom is -0.505 e. The number of benzene rings is 7. The Bertz CT molecular complexity index is 4160. The van der Waals surface area contributed by atoms with Crippen molar-refractivity contribution < 1.29 is 113 Å². The molecule has 0 unspecified atom stereocenters. The van der Waals surface area contributed by atoms with Crippen LogP contribution in [0.5, 0.6) is 23.0 Å². The Balaban J connectivity index is 1.32. The fraction of sp³-hybridized carbons (Fsp3) is 0.0500. The molecule has 430 valence electrons. The van der Waals surface area contributed by atoms with Crippen LogP contribution in [0.3, 0.4) is 0 Å². The molecule has 0 radical (unpaired) electrons. The lowest BCUT2D eigenvalue weighted by atomic mass is 10.1. The number of nitro benzene ring substituents is 2. The van der Waals surface area contributed by atoms with E-state index in [0.717, 1.165) is 36.4 Å². The highest BCUT2D eigenvalue weighted by molar-refractivity contribution is 7.95. The predicted molar refractivity (Wildman–Crippen MR) is 275 cm³/mol. The van der Waals surface area contributed by atoms with Gasteiger partial charge >= 0.3 is 5.69 Å². The van der Waals surface area contributed by atoms with E-state index in [4.69, 9.17) is 20.0 Å². The number of sulfone groups is 1. The molecule has 0 saturated carbocycles. The van der Waals surface area contributed by atoms with E-state index in [1.54, 1.807) is 0 Å². The number of nitrogens with zero attached hydrogens (tertiary/aromatic N) is 10. The van der Waals surface area contributed by atoms with E-state index in [1.807, 2.05) is 0 Å². The number of hydrogen-bond acceptors (Lipinski definition) is 35. The Morgan fingerprint density at radius 1 is 0.524 bits per heavy atom. The first kappa shape index (κ1) is 61.5. The third-order valence-electron chi connectivity index (χ3n) is 10.4. The molecule has 0 spiro atoms. The number of fused-ring (bicyclic) bond motifs is 2. The van der Waals surface area contributed by atoms with E-state index in [-0.39, 0.29) is 61.7 Å². The molecule has 42 heteroatoms. The predicted octanol–water partition coefficient (Wildman–Crippen LogP) is 11.4. The minimum atomic E-state index is -5.19. The third-order valence-corrected chi connectivity index (χ3v) is 15.3. The number of rotatable bonds is 25. The van der Waals surface area contributed by atoms with E-state index in [0.29, 0.717) is 36.3 Å². The van der Waals surface area contributed by atoms with E-state index in [2.05, 4.69) is 69.0 Å². The number of aromatic hydroxyl groups is 4. The topological polar surface area (TPSA) is 534 Å². The van der Waals surface area contributed by atoms with Crippen molar-refractivity contribution in [3.63, 3.8) is 0 Å². The van der Waals surface area contributed by atoms with E-state index in [9.17, 15) is 75.0 Å². The molecular weight excluding hydrogens is 1230 g/mol. The first-order valence-corrected chi connectivity index (χ1v) is 27.7. The van der Waals surface area contributed by atoms with Crippen LogP contribution < -0.4 is 0 Å². The zero-order valence-corrected chi connectivity index (χ0v) is 44.4. The van der Waals surface area contributed by atoms with Crippen molar-refractivity contribution in [1.82, 2.24) is 0 Å². The number of non-ortho nitro benzene ring substituents is 1. The van der Waals surface area contributed by atoms with Gasteiger partial charge < -0.3 is 20.4 Å². The molecule has 36 nitrogen and oxygen atoms in total. The molecule has 7 aromatic carbocycles. The normalized spacial score (nSPS) is 12.5. The van der Waals surface area contributed by atoms with Gasteiger partial charge in [0.25, 0.3) is 25.9 Å². The Hall–Kier alpha value is -8.12. The molecule has 7 rings (SSSR count).